The number of hydrogen-bond acceptors (Lipinski definition) is 2. The van der Waals surface area contributed by atoms with Gasteiger partial charge in [-0.1, -0.05) is 28.1 Å². The summed E-state index contributed by atoms with van der Waals surface area (Å²) in [5.41, 5.74) is -0.0519. The molecule has 1 aromatic carbocycles. The predicted octanol–water partition coefficient (Wildman–Crippen LogP) is 4.44. The lowest BCUT2D eigenvalue weighted by atomic mass is 10.1. The van der Waals surface area contributed by atoms with Crippen LogP contribution in [0.15, 0.2) is 24.3 Å². The van der Waals surface area contributed by atoms with Crippen molar-refractivity contribution in [1.29, 1.82) is 0 Å². The Morgan fingerprint density at radius 3 is 2.20 bits per heavy atom. The number of hydrogen-bond donors (Lipinski definition) is 0. The van der Waals surface area contributed by atoms with Gasteiger partial charge in [0.05, 0.1) is 10.9 Å². The van der Waals surface area contributed by atoms with E-state index < -0.39 is 11.7 Å². The molecule has 2 aromatic rings. The van der Waals surface area contributed by atoms with Crippen molar-refractivity contribution >= 4 is 15.9 Å². The molecule has 0 aliphatic heterocycles. The predicted molar refractivity (Wildman–Crippen MR) is 73.5 cm³/mol. The molecule has 0 atom stereocenters. The van der Waals surface area contributed by atoms with Crippen molar-refractivity contribution in [2.45, 2.75) is 31.4 Å². The van der Waals surface area contributed by atoms with Crippen LogP contribution in [0.3, 0.4) is 0 Å². The standard InChI is InChI=1S/C13H13BrF3N3/c1-8(2)20-11(7-14)18-19-12(20)9-3-5-10(6-4-9)13(15,16)17/h3-6,8H,7H2,1-2H3. The summed E-state index contributed by atoms with van der Waals surface area (Å²) in [6.07, 6.45) is -4.33. The van der Waals surface area contributed by atoms with Crippen LogP contribution in [0.1, 0.15) is 31.3 Å². The Hall–Kier alpha value is -1.37. The Balaban J connectivity index is 2.45. The number of rotatable bonds is 3. The Bertz CT molecular complexity index is 588. The maximum absolute atomic E-state index is 12.5. The minimum Gasteiger partial charge on any atom is -0.308 e. The van der Waals surface area contributed by atoms with Crippen LogP contribution in [-0.2, 0) is 11.5 Å². The molecule has 0 unspecified atom stereocenters. The molecule has 0 amide bonds. The fraction of sp³-hybridized carbons (Fsp3) is 0.385. The summed E-state index contributed by atoms with van der Waals surface area (Å²) >= 11 is 3.33. The van der Waals surface area contributed by atoms with Gasteiger partial charge in [0.2, 0.25) is 0 Å². The van der Waals surface area contributed by atoms with E-state index in [4.69, 9.17) is 0 Å². The summed E-state index contributed by atoms with van der Waals surface area (Å²) < 4.78 is 39.5. The molecule has 1 aromatic heterocycles. The minimum atomic E-state index is -4.33. The van der Waals surface area contributed by atoms with Crippen molar-refractivity contribution in [1.82, 2.24) is 14.8 Å². The van der Waals surface area contributed by atoms with E-state index in [0.29, 0.717) is 16.7 Å². The zero-order valence-corrected chi connectivity index (χ0v) is 12.5. The molecule has 108 valence electrons. The van der Waals surface area contributed by atoms with Crippen LogP contribution in [0, 0.1) is 0 Å². The van der Waals surface area contributed by atoms with E-state index in [9.17, 15) is 13.2 Å². The van der Waals surface area contributed by atoms with Crippen molar-refractivity contribution < 1.29 is 13.2 Å². The van der Waals surface area contributed by atoms with Crippen molar-refractivity contribution in [2.75, 3.05) is 0 Å². The van der Waals surface area contributed by atoms with E-state index in [1.165, 1.54) is 12.1 Å². The highest BCUT2D eigenvalue weighted by Crippen LogP contribution is 2.31. The summed E-state index contributed by atoms with van der Waals surface area (Å²) in [5.74, 6) is 1.32. The van der Waals surface area contributed by atoms with E-state index in [0.717, 1.165) is 18.0 Å². The molecule has 1 heterocycles. The lowest BCUT2D eigenvalue weighted by Gasteiger charge is -2.13. The van der Waals surface area contributed by atoms with Gasteiger partial charge in [0.15, 0.2) is 5.82 Å². The van der Waals surface area contributed by atoms with Gasteiger partial charge < -0.3 is 4.57 Å². The van der Waals surface area contributed by atoms with Gasteiger partial charge in [0, 0.05) is 11.6 Å². The second-order valence-electron chi connectivity index (χ2n) is 4.61. The van der Waals surface area contributed by atoms with Crippen molar-refractivity contribution in [3.63, 3.8) is 0 Å². The molecule has 0 radical (unpaired) electrons. The molecule has 0 aliphatic carbocycles. The maximum atomic E-state index is 12.5. The van der Waals surface area contributed by atoms with E-state index in [1.807, 2.05) is 18.4 Å². The minimum absolute atomic E-state index is 0.120. The first-order chi connectivity index (χ1) is 9.34. The monoisotopic (exact) mass is 347 g/mol. The number of halogens is 4. The fourth-order valence-electron chi connectivity index (χ4n) is 1.96. The summed E-state index contributed by atoms with van der Waals surface area (Å²) in [6.45, 7) is 3.95. The molecule has 2 rings (SSSR count). The molecule has 0 spiro atoms. The highest BCUT2D eigenvalue weighted by atomic mass is 79.9. The molecule has 0 bridgehead atoms. The fourth-order valence-corrected chi connectivity index (χ4v) is 2.34. The zero-order valence-electron chi connectivity index (χ0n) is 10.9. The van der Waals surface area contributed by atoms with Crippen LogP contribution in [0.2, 0.25) is 0 Å². The quantitative estimate of drug-likeness (QED) is 0.768. The van der Waals surface area contributed by atoms with Crippen LogP contribution in [0.25, 0.3) is 11.4 Å². The van der Waals surface area contributed by atoms with E-state index in [1.54, 1.807) is 0 Å². The first kappa shape index (κ1) is 15.0. The van der Waals surface area contributed by atoms with Crippen molar-refractivity contribution in [2.24, 2.45) is 0 Å². The number of aromatic nitrogens is 3. The van der Waals surface area contributed by atoms with Gasteiger partial charge in [-0.25, -0.2) is 0 Å². The average Bonchev–Trinajstić information content (AvgIpc) is 2.81. The van der Waals surface area contributed by atoms with Crippen molar-refractivity contribution in [3.05, 3.63) is 35.7 Å². The summed E-state index contributed by atoms with van der Waals surface area (Å²) in [4.78, 5) is 0. The normalized spacial score (nSPS) is 12.2. The second kappa shape index (κ2) is 5.55. The Kier molecular flexibility index (Phi) is 4.17. The van der Waals surface area contributed by atoms with Gasteiger partial charge in [0.25, 0.3) is 0 Å². The van der Waals surface area contributed by atoms with E-state index in [2.05, 4.69) is 26.1 Å². The van der Waals surface area contributed by atoms with Gasteiger partial charge in [0.1, 0.15) is 5.82 Å². The average molecular weight is 348 g/mol. The molecule has 0 aliphatic rings. The third-order valence-electron chi connectivity index (χ3n) is 2.87. The first-order valence-electron chi connectivity index (χ1n) is 6.02. The van der Waals surface area contributed by atoms with Crippen LogP contribution in [0.4, 0.5) is 13.2 Å². The van der Waals surface area contributed by atoms with E-state index >= 15 is 0 Å². The Morgan fingerprint density at radius 1 is 1.15 bits per heavy atom. The lowest BCUT2D eigenvalue weighted by molar-refractivity contribution is -0.137. The maximum Gasteiger partial charge on any atom is 0.416 e. The molecule has 3 nitrogen and oxygen atoms in total. The topological polar surface area (TPSA) is 30.7 Å². The SMILES string of the molecule is CC(C)n1c(CBr)nnc1-c1ccc(C(F)(F)F)cc1. The molecular weight excluding hydrogens is 335 g/mol. The van der Waals surface area contributed by atoms with Crippen LogP contribution in [0.5, 0.6) is 0 Å². The third kappa shape index (κ3) is 2.87. The van der Waals surface area contributed by atoms with E-state index in [-0.39, 0.29) is 6.04 Å². The van der Waals surface area contributed by atoms with Gasteiger partial charge >= 0.3 is 6.18 Å². The molecular formula is C13H13BrF3N3. The van der Waals surface area contributed by atoms with Gasteiger partial charge in [-0.15, -0.1) is 10.2 Å². The van der Waals surface area contributed by atoms with Gasteiger partial charge in [-0.2, -0.15) is 13.2 Å². The number of alkyl halides is 4. The molecule has 7 heteroatoms. The molecule has 0 saturated carbocycles. The summed E-state index contributed by atoms with van der Waals surface area (Å²) in [7, 11) is 0. The van der Waals surface area contributed by atoms with Crippen molar-refractivity contribution in [3.8, 4) is 11.4 Å². The number of benzene rings is 1. The third-order valence-corrected chi connectivity index (χ3v) is 3.37. The molecule has 20 heavy (non-hydrogen) atoms. The lowest BCUT2D eigenvalue weighted by Crippen LogP contribution is -2.07. The summed E-state index contributed by atoms with van der Waals surface area (Å²) in [6, 6.07) is 5.08. The van der Waals surface area contributed by atoms with Crippen LogP contribution in [-0.4, -0.2) is 14.8 Å². The van der Waals surface area contributed by atoms with Crippen LogP contribution < -0.4 is 0 Å². The number of nitrogens with zero attached hydrogens (tertiary/aromatic N) is 3. The highest BCUT2D eigenvalue weighted by molar-refractivity contribution is 9.08. The molecule has 0 saturated heterocycles. The zero-order chi connectivity index (χ0) is 14.9. The Labute approximate surface area is 123 Å². The highest BCUT2D eigenvalue weighted by Gasteiger charge is 2.30. The van der Waals surface area contributed by atoms with Gasteiger partial charge in [-0.3, -0.25) is 0 Å². The van der Waals surface area contributed by atoms with Gasteiger partial charge in [-0.05, 0) is 26.0 Å². The molecule has 0 fully saturated rings. The van der Waals surface area contributed by atoms with Crippen LogP contribution >= 0.6 is 15.9 Å². The smallest absolute Gasteiger partial charge is 0.308 e. The summed E-state index contributed by atoms with van der Waals surface area (Å²) in [5, 5.41) is 8.66. The first-order valence-corrected chi connectivity index (χ1v) is 7.14. The largest absolute Gasteiger partial charge is 0.416 e. The molecule has 0 N–H and O–H groups in total. The second-order valence-corrected chi connectivity index (χ2v) is 5.17. The Morgan fingerprint density at radius 2 is 1.75 bits per heavy atom.